The van der Waals surface area contributed by atoms with Gasteiger partial charge in [0.15, 0.2) is 5.76 Å². The highest BCUT2D eigenvalue weighted by Crippen LogP contribution is 2.48. The van der Waals surface area contributed by atoms with E-state index in [0.717, 1.165) is 18.4 Å². The van der Waals surface area contributed by atoms with Crippen LogP contribution in [0.1, 0.15) is 29.0 Å². The van der Waals surface area contributed by atoms with Crippen molar-refractivity contribution in [1.82, 2.24) is 10.6 Å². The van der Waals surface area contributed by atoms with Gasteiger partial charge in [0, 0.05) is 13.1 Å². The van der Waals surface area contributed by atoms with Crippen molar-refractivity contribution >= 4 is 11.8 Å². The Morgan fingerprint density at radius 2 is 1.73 bits per heavy atom. The minimum absolute atomic E-state index is 0.0333. The van der Waals surface area contributed by atoms with Crippen LogP contribution in [0.15, 0.2) is 53.1 Å². The largest absolute Gasteiger partial charge is 0.459 e. The maximum absolute atomic E-state index is 12.4. The van der Waals surface area contributed by atoms with Gasteiger partial charge in [0.25, 0.3) is 5.91 Å². The van der Waals surface area contributed by atoms with Crippen LogP contribution in [0.5, 0.6) is 0 Å². The monoisotopic (exact) mass is 298 g/mol. The molecular formula is C17H18N2O3. The highest BCUT2D eigenvalue weighted by Gasteiger charge is 2.50. The zero-order valence-corrected chi connectivity index (χ0v) is 12.2. The van der Waals surface area contributed by atoms with Gasteiger partial charge in [0.05, 0.1) is 11.7 Å². The number of carbonyl (C=O) groups excluding carboxylic acids is 2. The summed E-state index contributed by atoms with van der Waals surface area (Å²) in [5.74, 6) is 0.0312. The highest BCUT2D eigenvalue weighted by molar-refractivity contribution is 5.92. The molecule has 1 heterocycles. The normalized spacial score (nSPS) is 15.1. The average Bonchev–Trinajstić information content (AvgIpc) is 3.19. The summed E-state index contributed by atoms with van der Waals surface area (Å²) in [7, 11) is 0. The van der Waals surface area contributed by atoms with Crippen molar-refractivity contribution in [2.24, 2.45) is 0 Å². The van der Waals surface area contributed by atoms with E-state index in [0.29, 0.717) is 13.1 Å². The van der Waals surface area contributed by atoms with Crippen LogP contribution in [-0.2, 0) is 10.2 Å². The summed E-state index contributed by atoms with van der Waals surface area (Å²) in [6.45, 7) is 0.774. The maximum atomic E-state index is 12.4. The molecule has 5 heteroatoms. The van der Waals surface area contributed by atoms with Gasteiger partial charge >= 0.3 is 0 Å². The van der Waals surface area contributed by atoms with E-state index < -0.39 is 0 Å². The van der Waals surface area contributed by atoms with Gasteiger partial charge < -0.3 is 15.1 Å². The smallest absolute Gasteiger partial charge is 0.287 e. The van der Waals surface area contributed by atoms with Gasteiger partial charge in [-0.05, 0) is 30.5 Å². The molecule has 1 aliphatic rings. The molecule has 0 unspecified atom stereocenters. The first kappa shape index (κ1) is 14.4. The molecule has 2 aromatic rings. The van der Waals surface area contributed by atoms with Gasteiger partial charge in [-0.25, -0.2) is 0 Å². The number of furan rings is 1. The second-order valence-electron chi connectivity index (χ2n) is 5.44. The standard InChI is InChI=1S/C17H18N2O3/c20-15(14-7-4-12-22-14)18-10-11-19-16(21)17(8-9-17)13-5-2-1-3-6-13/h1-7,12H,8-11H2,(H,18,20)(H,19,21). The lowest BCUT2D eigenvalue weighted by molar-refractivity contribution is -0.123. The first-order chi connectivity index (χ1) is 10.7. The predicted molar refractivity (Wildman–Crippen MR) is 81.4 cm³/mol. The average molecular weight is 298 g/mol. The molecule has 2 amide bonds. The molecule has 1 aromatic heterocycles. The van der Waals surface area contributed by atoms with E-state index in [1.165, 1.54) is 6.26 Å². The third kappa shape index (κ3) is 2.88. The number of benzene rings is 1. The highest BCUT2D eigenvalue weighted by atomic mass is 16.3. The lowest BCUT2D eigenvalue weighted by atomic mass is 9.95. The summed E-state index contributed by atoms with van der Waals surface area (Å²) in [4.78, 5) is 24.0. The Hall–Kier alpha value is -2.56. The molecule has 2 N–H and O–H groups in total. The zero-order valence-electron chi connectivity index (χ0n) is 12.2. The van der Waals surface area contributed by atoms with Crippen molar-refractivity contribution in [3.05, 3.63) is 60.1 Å². The number of hydrogen-bond donors (Lipinski definition) is 2. The molecule has 1 saturated carbocycles. The lowest BCUT2D eigenvalue weighted by Crippen LogP contribution is -2.39. The molecule has 0 bridgehead atoms. The third-order valence-corrected chi connectivity index (χ3v) is 3.95. The van der Waals surface area contributed by atoms with E-state index in [4.69, 9.17) is 4.42 Å². The Kier molecular flexibility index (Phi) is 3.96. The minimum Gasteiger partial charge on any atom is -0.459 e. The van der Waals surface area contributed by atoms with E-state index in [2.05, 4.69) is 10.6 Å². The van der Waals surface area contributed by atoms with Crippen molar-refractivity contribution in [3.8, 4) is 0 Å². The summed E-state index contributed by atoms with van der Waals surface area (Å²) in [6.07, 6.45) is 3.20. The minimum atomic E-state index is -0.369. The molecule has 0 aliphatic heterocycles. The van der Waals surface area contributed by atoms with Crippen LogP contribution >= 0.6 is 0 Å². The van der Waals surface area contributed by atoms with Gasteiger partial charge in [0.1, 0.15) is 0 Å². The number of amides is 2. The molecule has 0 radical (unpaired) electrons. The molecule has 1 fully saturated rings. The number of carbonyl (C=O) groups is 2. The number of rotatable bonds is 6. The van der Waals surface area contributed by atoms with E-state index in [1.54, 1.807) is 12.1 Å². The first-order valence-corrected chi connectivity index (χ1v) is 7.38. The molecule has 22 heavy (non-hydrogen) atoms. The van der Waals surface area contributed by atoms with Gasteiger partial charge in [-0.3, -0.25) is 9.59 Å². The Morgan fingerprint density at radius 1 is 1.00 bits per heavy atom. The fourth-order valence-corrected chi connectivity index (χ4v) is 2.55. The number of nitrogens with one attached hydrogen (secondary N) is 2. The van der Waals surface area contributed by atoms with Crippen molar-refractivity contribution in [2.75, 3.05) is 13.1 Å². The summed E-state index contributed by atoms with van der Waals surface area (Å²) in [5.41, 5.74) is 0.693. The van der Waals surface area contributed by atoms with Crippen molar-refractivity contribution in [1.29, 1.82) is 0 Å². The lowest BCUT2D eigenvalue weighted by Gasteiger charge is -2.15. The molecule has 1 aromatic carbocycles. The summed E-state index contributed by atoms with van der Waals surface area (Å²) < 4.78 is 5.00. The van der Waals surface area contributed by atoms with E-state index >= 15 is 0 Å². The Bertz CT molecular complexity index is 646. The SMILES string of the molecule is O=C(NCCNC(=O)C1(c2ccccc2)CC1)c1ccco1. The first-order valence-electron chi connectivity index (χ1n) is 7.38. The topological polar surface area (TPSA) is 71.3 Å². The molecule has 0 atom stereocenters. The Morgan fingerprint density at radius 3 is 2.36 bits per heavy atom. The number of hydrogen-bond acceptors (Lipinski definition) is 3. The zero-order chi connectivity index (χ0) is 15.4. The molecule has 0 saturated heterocycles. The van der Waals surface area contributed by atoms with Crippen LogP contribution in [0, 0.1) is 0 Å². The van der Waals surface area contributed by atoms with Crippen LogP contribution in [0.25, 0.3) is 0 Å². The van der Waals surface area contributed by atoms with Crippen LogP contribution in [-0.4, -0.2) is 24.9 Å². The van der Waals surface area contributed by atoms with Crippen molar-refractivity contribution in [2.45, 2.75) is 18.3 Å². The summed E-state index contributed by atoms with van der Waals surface area (Å²) >= 11 is 0. The van der Waals surface area contributed by atoms with E-state index in [1.807, 2.05) is 30.3 Å². The van der Waals surface area contributed by atoms with E-state index in [9.17, 15) is 9.59 Å². The molecule has 114 valence electrons. The quantitative estimate of drug-likeness (QED) is 0.800. The second kappa shape index (κ2) is 6.05. The molecule has 3 rings (SSSR count). The Labute approximate surface area is 128 Å². The fraction of sp³-hybridized carbons (Fsp3) is 0.294. The molecule has 0 spiro atoms. The van der Waals surface area contributed by atoms with Crippen molar-refractivity contribution in [3.63, 3.8) is 0 Å². The summed E-state index contributed by atoms with van der Waals surface area (Å²) in [6, 6.07) is 13.1. The van der Waals surface area contributed by atoms with Crippen LogP contribution in [0.3, 0.4) is 0 Å². The second-order valence-corrected chi connectivity index (χ2v) is 5.44. The van der Waals surface area contributed by atoms with Gasteiger partial charge in [0.2, 0.25) is 5.91 Å². The van der Waals surface area contributed by atoms with E-state index in [-0.39, 0.29) is 23.0 Å². The van der Waals surface area contributed by atoms with Crippen LogP contribution < -0.4 is 10.6 Å². The van der Waals surface area contributed by atoms with Gasteiger partial charge in [-0.2, -0.15) is 0 Å². The molecular weight excluding hydrogens is 280 g/mol. The van der Waals surface area contributed by atoms with Crippen molar-refractivity contribution < 1.29 is 14.0 Å². The molecule has 5 nitrogen and oxygen atoms in total. The fourth-order valence-electron chi connectivity index (χ4n) is 2.55. The Balaban J connectivity index is 1.46. The van der Waals surface area contributed by atoms with Gasteiger partial charge in [-0.15, -0.1) is 0 Å². The predicted octanol–water partition coefficient (Wildman–Crippen LogP) is 1.86. The van der Waals surface area contributed by atoms with Crippen LogP contribution in [0.2, 0.25) is 0 Å². The third-order valence-electron chi connectivity index (χ3n) is 3.95. The maximum Gasteiger partial charge on any atom is 0.287 e. The van der Waals surface area contributed by atoms with Gasteiger partial charge in [-0.1, -0.05) is 30.3 Å². The molecule has 1 aliphatic carbocycles. The van der Waals surface area contributed by atoms with Crippen LogP contribution in [0.4, 0.5) is 0 Å². The summed E-state index contributed by atoms with van der Waals surface area (Å²) in [5, 5.41) is 5.60.